The number of rotatable bonds is 4. The van der Waals surface area contributed by atoms with E-state index in [1.165, 1.54) is 12.1 Å². The van der Waals surface area contributed by atoms with Crippen LogP contribution in [0.3, 0.4) is 0 Å². The summed E-state index contributed by atoms with van der Waals surface area (Å²) in [4.78, 5) is 11.3. The largest absolute Gasteiger partial charge is 0.507 e. The quantitative estimate of drug-likeness (QED) is 0.515. The molecule has 0 bridgehead atoms. The van der Waals surface area contributed by atoms with E-state index in [9.17, 15) is 18.3 Å². The maximum Gasteiger partial charge on any atom is 0.306 e. The first-order valence-electron chi connectivity index (χ1n) is 4.15. The van der Waals surface area contributed by atoms with Crippen LogP contribution in [0.1, 0.15) is 10.4 Å². The van der Waals surface area contributed by atoms with Gasteiger partial charge < -0.3 is 9.29 Å². The molecule has 0 saturated carbocycles. The van der Waals surface area contributed by atoms with Gasteiger partial charge in [-0.05, 0) is 12.1 Å². The van der Waals surface area contributed by atoms with Crippen molar-refractivity contribution in [1.29, 1.82) is 0 Å². The predicted molar refractivity (Wildman–Crippen MR) is 61.7 cm³/mol. The van der Waals surface area contributed by atoms with Crippen LogP contribution >= 0.6 is 15.9 Å². The molecule has 0 amide bonds. The van der Waals surface area contributed by atoms with Crippen LogP contribution in [-0.4, -0.2) is 30.9 Å². The highest BCUT2D eigenvalue weighted by Crippen LogP contribution is 2.25. The average Bonchev–Trinajstić information content (AvgIpc) is 2.14. The van der Waals surface area contributed by atoms with Crippen LogP contribution in [0.5, 0.6) is 11.5 Å². The second-order valence-electron chi connectivity index (χ2n) is 3.02. The van der Waals surface area contributed by atoms with Gasteiger partial charge >= 0.3 is 10.1 Å². The fourth-order valence-electron chi connectivity index (χ4n) is 1.05. The lowest BCUT2D eigenvalue weighted by atomic mass is 10.1. The van der Waals surface area contributed by atoms with Gasteiger partial charge in [0.15, 0.2) is 5.78 Å². The molecule has 1 rings (SSSR count). The van der Waals surface area contributed by atoms with E-state index in [0.717, 1.165) is 12.3 Å². The average molecular weight is 309 g/mol. The Labute approximate surface area is 101 Å². The molecule has 0 atom stereocenters. The fraction of sp³-hybridized carbons (Fsp3) is 0.222. The summed E-state index contributed by atoms with van der Waals surface area (Å²) in [5.41, 5.74) is 0.109. The number of ketones is 1. The van der Waals surface area contributed by atoms with Crippen molar-refractivity contribution >= 4 is 31.8 Å². The molecule has 7 heteroatoms. The molecule has 0 saturated heterocycles. The van der Waals surface area contributed by atoms with Gasteiger partial charge in [0, 0.05) is 6.07 Å². The number of carbonyl (C=O) groups is 1. The number of hydrogen-bond acceptors (Lipinski definition) is 5. The normalized spacial score (nSPS) is 11.1. The molecule has 0 spiro atoms. The standard InChI is InChI=1S/C9H9BrO5S/c1-16(13,14)15-6-2-3-7(8(11)4-6)9(12)5-10/h2-4,11H,5H2,1H3. The van der Waals surface area contributed by atoms with Crippen molar-refractivity contribution in [1.82, 2.24) is 0 Å². The molecule has 16 heavy (non-hydrogen) atoms. The van der Waals surface area contributed by atoms with Gasteiger partial charge in [-0.3, -0.25) is 4.79 Å². The van der Waals surface area contributed by atoms with Crippen molar-refractivity contribution in [2.24, 2.45) is 0 Å². The topological polar surface area (TPSA) is 80.7 Å². The molecule has 0 heterocycles. The molecular weight excluding hydrogens is 300 g/mol. The Morgan fingerprint density at radius 2 is 2.12 bits per heavy atom. The van der Waals surface area contributed by atoms with Gasteiger partial charge in [0.05, 0.1) is 17.1 Å². The van der Waals surface area contributed by atoms with E-state index in [2.05, 4.69) is 20.1 Å². The van der Waals surface area contributed by atoms with Crippen molar-refractivity contribution in [3.63, 3.8) is 0 Å². The number of hydrogen-bond donors (Lipinski definition) is 1. The number of halogens is 1. The zero-order valence-corrected chi connectivity index (χ0v) is 10.7. The summed E-state index contributed by atoms with van der Waals surface area (Å²) in [5.74, 6) is -0.653. The van der Waals surface area contributed by atoms with E-state index in [0.29, 0.717) is 0 Å². The third kappa shape index (κ3) is 3.49. The van der Waals surface area contributed by atoms with Crippen molar-refractivity contribution in [2.75, 3.05) is 11.6 Å². The molecule has 1 aromatic carbocycles. The molecule has 5 nitrogen and oxygen atoms in total. The second kappa shape index (κ2) is 4.84. The lowest BCUT2D eigenvalue weighted by molar-refractivity contribution is 0.102. The van der Waals surface area contributed by atoms with Crippen LogP contribution < -0.4 is 4.18 Å². The zero-order chi connectivity index (χ0) is 12.3. The summed E-state index contributed by atoms with van der Waals surface area (Å²) in [6.45, 7) is 0. The first-order chi connectivity index (χ1) is 7.33. The van der Waals surface area contributed by atoms with Gasteiger partial charge in [-0.25, -0.2) is 0 Å². The molecule has 88 valence electrons. The minimum atomic E-state index is -3.64. The minimum Gasteiger partial charge on any atom is -0.507 e. The van der Waals surface area contributed by atoms with Crippen LogP contribution in [0.25, 0.3) is 0 Å². The number of phenolic OH excluding ortho intramolecular Hbond substituents is 1. The maximum atomic E-state index is 11.3. The molecule has 0 aliphatic rings. The summed E-state index contributed by atoms with van der Waals surface area (Å²) in [5, 5.41) is 9.55. The first kappa shape index (κ1) is 13.0. The van der Waals surface area contributed by atoms with Crippen molar-refractivity contribution < 1.29 is 22.5 Å². The first-order valence-corrected chi connectivity index (χ1v) is 7.09. The van der Waals surface area contributed by atoms with Crippen molar-refractivity contribution in [2.45, 2.75) is 0 Å². The van der Waals surface area contributed by atoms with Gasteiger partial charge in [-0.15, -0.1) is 0 Å². The van der Waals surface area contributed by atoms with Crippen molar-refractivity contribution in [3.05, 3.63) is 23.8 Å². The van der Waals surface area contributed by atoms with E-state index in [-0.39, 0.29) is 28.2 Å². The molecule has 0 aliphatic carbocycles. The van der Waals surface area contributed by atoms with Crippen LogP contribution in [0, 0.1) is 0 Å². The Morgan fingerprint density at radius 3 is 2.56 bits per heavy atom. The molecule has 1 aromatic rings. The summed E-state index contributed by atoms with van der Waals surface area (Å²) in [6.07, 6.45) is 0.890. The fourth-order valence-corrected chi connectivity index (χ4v) is 1.80. The highest BCUT2D eigenvalue weighted by Gasteiger charge is 2.12. The molecular formula is C9H9BrO5S. The molecule has 1 N–H and O–H groups in total. The van der Waals surface area contributed by atoms with Crippen LogP contribution in [0.15, 0.2) is 18.2 Å². The highest BCUT2D eigenvalue weighted by atomic mass is 79.9. The monoisotopic (exact) mass is 308 g/mol. The SMILES string of the molecule is CS(=O)(=O)Oc1ccc(C(=O)CBr)c(O)c1. The lowest BCUT2D eigenvalue weighted by Gasteiger charge is -2.05. The van der Waals surface area contributed by atoms with Crippen LogP contribution in [-0.2, 0) is 10.1 Å². The Hall–Kier alpha value is -1.08. The number of benzene rings is 1. The minimum absolute atomic E-state index is 0.0360. The number of phenols is 1. The molecule has 0 fully saturated rings. The van der Waals surface area contributed by atoms with E-state index in [1.54, 1.807) is 0 Å². The molecule has 0 radical (unpaired) electrons. The number of aromatic hydroxyl groups is 1. The lowest BCUT2D eigenvalue weighted by Crippen LogP contribution is -2.06. The van der Waals surface area contributed by atoms with Gasteiger partial charge in [0.1, 0.15) is 11.5 Å². The van der Waals surface area contributed by atoms with E-state index < -0.39 is 10.1 Å². The van der Waals surface area contributed by atoms with E-state index in [4.69, 9.17) is 0 Å². The smallest absolute Gasteiger partial charge is 0.306 e. The van der Waals surface area contributed by atoms with E-state index in [1.807, 2.05) is 0 Å². The Morgan fingerprint density at radius 1 is 1.50 bits per heavy atom. The van der Waals surface area contributed by atoms with Gasteiger partial charge in [0.25, 0.3) is 0 Å². The van der Waals surface area contributed by atoms with Crippen molar-refractivity contribution in [3.8, 4) is 11.5 Å². The Bertz CT molecular complexity index is 509. The summed E-state index contributed by atoms with van der Waals surface area (Å²) in [7, 11) is -3.64. The van der Waals surface area contributed by atoms with Crippen LogP contribution in [0.2, 0.25) is 0 Å². The summed E-state index contributed by atoms with van der Waals surface area (Å²) >= 11 is 2.97. The summed E-state index contributed by atoms with van der Waals surface area (Å²) in [6, 6.07) is 3.69. The Kier molecular flexibility index (Phi) is 3.93. The van der Waals surface area contributed by atoms with Crippen LogP contribution in [0.4, 0.5) is 0 Å². The summed E-state index contributed by atoms with van der Waals surface area (Å²) < 4.78 is 26.2. The third-order valence-electron chi connectivity index (χ3n) is 1.64. The van der Waals surface area contributed by atoms with E-state index >= 15 is 0 Å². The number of Topliss-reactive ketones (excluding diaryl/α,β-unsaturated/α-hetero) is 1. The molecule has 0 unspecified atom stereocenters. The van der Waals surface area contributed by atoms with Gasteiger partial charge in [0.2, 0.25) is 0 Å². The zero-order valence-electron chi connectivity index (χ0n) is 8.31. The Balaban J connectivity index is 3.05. The molecule has 0 aromatic heterocycles. The van der Waals surface area contributed by atoms with Gasteiger partial charge in [-0.2, -0.15) is 8.42 Å². The second-order valence-corrected chi connectivity index (χ2v) is 5.16. The van der Waals surface area contributed by atoms with Gasteiger partial charge in [-0.1, -0.05) is 15.9 Å². The molecule has 0 aliphatic heterocycles. The maximum absolute atomic E-state index is 11.3. The number of alkyl halides is 1. The third-order valence-corrected chi connectivity index (χ3v) is 2.64. The number of carbonyl (C=O) groups excluding carboxylic acids is 1. The highest BCUT2D eigenvalue weighted by molar-refractivity contribution is 9.09. The predicted octanol–water partition coefficient (Wildman–Crippen LogP) is 1.31.